The Morgan fingerprint density at radius 1 is 1.42 bits per heavy atom. The molecular formula is C16H27N3. The number of aromatic nitrogens is 1. The van der Waals surface area contributed by atoms with Gasteiger partial charge in [-0.25, -0.2) is 4.98 Å². The summed E-state index contributed by atoms with van der Waals surface area (Å²) in [6, 6.07) is 4.36. The van der Waals surface area contributed by atoms with Gasteiger partial charge in [0.05, 0.1) is 0 Å². The number of nitrogens with one attached hydrogen (secondary N) is 1. The van der Waals surface area contributed by atoms with Crippen LogP contribution in [-0.2, 0) is 6.54 Å². The van der Waals surface area contributed by atoms with Gasteiger partial charge in [0.25, 0.3) is 0 Å². The maximum atomic E-state index is 4.75. The summed E-state index contributed by atoms with van der Waals surface area (Å²) in [5.74, 6) is 1.47. The van der Waals surface area contributed by atoms with E-state index in [0.717, 1.165) is 36.7 Å². The van der Waals surface area contributed by atoms with Gasteiger partial charge in [-0.05, 0) is 37.1 Å². The van der Waals surface area contributed by atoms with E-state index in [-0.39, 0.29) is 0 Å². The van der Waals surface area contributed by atoms with Crippen LogP contribution in [0.5, 0.6) is 0 Å². The number of nitrogens with zero attached hydrogens (tertiary/aromatic N) is 2. The molecule has 0 radical (unpaired) electrons. The molecule has 0 fully saturated rings. The molecule has 0 atom stereocenters. The highest BCUT2D eigenvalue weighted by Crippen LogP contribution is 2.20. The van der Waals surface area contributed by atoms with Crippen LogP contribution in [0.3, 0.4) is 0 Å². The standard InChI is InChI=1S/C16H27N3/c1-7-17-10-14-8-15(13(4)5)18-16(9-14)19(6)11-12(2)3/h8-9,13,17H,2,7,10-11H2,1,3-6H3. The Balaban J connectivity index is 3.01. The summed E-state index contributed by atoms with van der Waals surface area (Å²) >= 11 is 0. The van der Waals surface area contributed by atoms with Crippen LogP contribution in [0.1, 0.15) is 44.9 Å². The fourth-order valence-corrected chi connectivity index (χ4v) is 1.94. The summed E-state index contributed by atoms with van der Waals surface area (Å²) in [4.78, 5) is 6.91. The second kappa shape index (κ2) is 7.29. The molecule has 0 saturated carbocycles. The zero-order valence-corrected chi connectivity index (χ0v) is 13.0. The Bertz CT molecular complexity index is 424. The van der Waals surface area contributed by atoms with E-state index in [1.54, 1.807) is 0 Å². The fraction of sp³-hybridized carbons (Fsp3) is 0.562. The van der Waals surface area contributed by atoms with E-state index >= 15 is 0 Å². The van der Waals surface area contributed by atoms with Gasteiger partial charge in [-0.2, -0.15) is 0 Å². The molecule has 3 nitrogen and oxygen atoms in total. The van der Waals surface area contributed by atoms with E-state index in [2.05, 4.69) is 56.7 Å². The van der Waals surface area contributed by atoms with Crippen molar-refractivity contribution < 1.29 is 0 Å². The highest BCUT2D eigenvalue weighted by atomic mass is 15.2. The van der Waals surface area contributed by atoms with E-state index < -0.39 is 0 Å². The van der Waals surface area contributed by atoms with Crippen molar-refractivity contribution in [2.45, 2.75) is 40.2 Å². The minimum absolute atomic E-state index is 0.443. The van der Waals surface area contributed by atoms with Crippen LogP contribution in [0.4, 0.5) is 5.82 Å². The first-order chi connectivity index (χ1) is 8.93. The van der Waals surface area contributed by atoms with Crippen LogP contribution in [0.2, 0.25) is 0 Å². The molecule has 0 aliphatic rings. The van der Waals surface area contributed by atoms with Gasteiger partial charge in [-0.1, -0.05) is 32.9 Å². The number of rotatable bonds is 7. The fourth-order valence-electron chi connectivity index (χ4n) is 1.94. The lowest BCUT2D eigenvalue weighted by Crippen LogP contribution is -2.21. The van der Waals surface area contributed by atoms with Crippen LogP contribution in [0.15, 0.2) is 24.3 Å². The molecule has 0 bridgehead atoms. The maximum absolute atomic E-state index is 4.75. The molecule has 0 aliphatic carbocycles. The van der Waals surface area contributed by atoms with E-state index in [4.69, 9.17) is 4.98 Å². The first-order valence-electron chi connectivity index (χ1n) is 7.01. The average Bonchev–Trinajstić information content (AvgIpc) is 2.35. The van der Waals surface area contributed by atoms with E-state index in [1.165, 1.54) is 5.56 Å². The summed E-state index contributed by atoms with van der Waals surface area (Å²) in [6.07, 6.45) is 0. The first-order valence-corrected chi connectivity index (χ1v) is 7.01. The van der Waals surface area contributed by atoms with Crippen molar-refractivity contribution in [1.82, 2.24) is 10.3 Å². The lowest BCUT2D eigenvalue weighted by molar-refractivity contribution is 0.719. The van der Waals surface area contributed by atoms with Gasteiger partial charge >= 0.3 is 0 Å². The van der Waals surface area contributed by atoms with Crippen LogP contribution in [-0.4, -0.2) is 25.1 Å². The average molecular weight is 261 g/mol. The third kappa shape index (κ3) is 5.03. The topological polar surface area (TPSA) is 28.2 Å². The molecular weight excluding hydrogens is 234 g/mol. The van der Waals surface area contributed by atoms with Gasteiger partial charge in [0.1, 0.15) is 5.82 Å². The molecule has 0 amide bonds. The van der Waals surface area contributed by atoms with Crippen molar-refractivity contribution >= 4 is 5.82 Å². The van der Waals surface area contributed by atoms with Crippen molar-refractivity contribution in [2.24, 2.45) is 0 Å². The van der Waals surface area contributed by atoms with Gasteiger partial charge in [0, 0.05) is 25.8 Å². The lowest BCUT2D eigenvalue weighted by Gasteiger charge is -2.21. The summed E-state index contributed by atoms with van der Waals surface area (Å²) in [5.41, 5.74) is 3.59. The molecule has 1 rings (SSSR count). The number of hydrogen-bond acceptors (Lipinski definition) is 3. The summed E-state index contributed by atoms with van der Waals surface area (Å²) in [5, 5.41) is 3.37. The van der Waals surface area contributed by atoms with Gasteiger partial charge < -0.3 is 10.2 Å². The zero-order valence-electron chi connectivity index (χ0n) is 13.0. The molecule has 1 aromatic heterocycles. The molecule has 19 heavy (non-hydrogen) atoms. The third-order valence-corrected chi connectivity index (χ3v) is 2.96. The minimum atomic E-state index is 0.443. The van der Waals surface area contributed by atoms with E-state index in [0.29, 0.717) is 5.92 Å². The van der Waals surface area contributed by atoms with Crippen molar-refractivity contribution in [1.29, 1.82) is 0 Å². The van der Waals surface area contributed by atoms with Crippen LogP contribution >= 0.6 is 0 Å². The van der Waals surface area contributed by atoms with Crippen molar-refractivity contribution in [3.05, 3.63) is 35.5 Å². The van der Waals surface area contributed by atoms with Gasteiger partial charge in [0.2, 0.25) is 0 Å². The van der Waals surface area contributed by atoms with Crippen molar-refractivity contribution in [3.8, 4) is 0 Å². The maximum Gasteiger partial charge on any atom is 0.129 e. The van der Waals surface area contributed by atoms with Crippen molar-refractivity contribution in [2.75, 3.05) is 25.0 Å². The Labute approximate surface area is 117 Å². The monoisotopic (exact) mass is 261 g/mol. The SMILES string of the molecule is C=C(C)CN(C)c1cc(CNCC)cc(C(C)C)n1. The summed E-state index contributed by atoms with van der Waals surface area (Å²) in [6.45, 7) is 15.2. The lowest BCUT2D eigenvalue weighted by atomic mass is 10.1. The molecule has 1 N–H and O–H groups in total. The number of anilines is 1. The predicted molar refractivity (Wildman–Crippen MR) is 83.8 cm³/mol. The third-order valence-electron chi connectivity index (χ3n) is 2.96. The molecule has 3 heteroatoms. The minimum Gasteiger partial charge on any atom is -0.356 e. The highest BCUT2D eigenvalue weighted by molar-refractivity contribution is 5.43. The van der Waals surface area contributed by atoms with Gasteiger partial charge in [-0.3, -0.25) is 0 Å². The Morgan fingerprint density at radius 2 is 2.11 bits per heavy atom. The quantitative estimate of drug-likeness (QED) is 0.763. The molecule has 0 unspecified atom stereocenters. The second-order valence-corrected chi connectivity index (χ2v) is 5.51. The Kier molecular flexibility index (Phi) is 6.03. The van der Waals surface area contributed by atoms with Gasteiger partial charge in [-0.15, -0.1) is 0 Å². The number of pyridine rings is 1. The molecule has 0 aliphatic heterocycles. The smallest absolute Gasteiger partial charge is 0.129 e. The highest BCUT2D eigenvalue weighted by Gasteiger charge is 2.09. The Hall–Kier alpha value is -1.35. The molecule has 0 aromatic carbocycles. The van der Waals surface area contributed by atoms with Crippen LogP contribution in [0, 0.1) is 0 Å². The van der Waals surface area contributed by atoms with Crippen molar-refractivity contribution in [3.63, 3.8) is 0 Å². The number of likely N-dealkylation sites (N-methyl/N-ethyl adjacent to an activating group) is 1. The second-order valence-electron chi connectivity index (χ2n) is 5.51. The Morgan fingerprint density at radius 3 is 2.63 bits per heavy atom. The van der Waals surface area contributed by atoms with Crippen LogP contribution in [0.25, 0.3) is 0 Å². The van der Waals surface area contributed by atoms with Crippen LogP contribution < -0.4 is 10.2 Å². The molecule has 0 spiro atoms. The molecule has 1 aromatic rings. The number of hydrogen-bond donors (Lipinski definition) is 1. The predicted octanol–water partition coefficient (Wildman–Crippen LogP) is 3.33. The first kappa shape index (κ1) is 15.7. The largest absolute Gasteiger partial charge is 0.356 e. The van der Waals surface area contributed by atoms with E-state index in [9.17, 15) is 0 Å². The zero-order chi connectivity index (χ0) is 14.4. The molecule has 0 saturated heterocycles. The molecule has 1 heterocycles. The van der Waals surface area contributed by atoms with E-state index in [1.807, 2.05) is 6.92 Å². The van der Waals surface area contributed by atoms with Gasteiger partial charge in [0.15, 0.2) is 0 Å². The molecule has 106 valence electrons. The summed E-state index contributed by atoms with van der Waals surface area (Å²) in [7, 11) is 2.07. The normalized spacial score (nSPS) is 10.8. The summed E-state index contributed by atoms with van der Waals surface area (Å²) < 4.78 is 0.